The van der Waals surface area contributed by atoms with E-state index in [1.807, 2.05) is 65.5 Å². The molecule has 1 amide bonds. The van der Waals surface area contributed by atoms with Crippen LogP contribution in [0.25, 0.3) is 23.0 Å². The Morgan fingerprint density at radius 2 is 1.71 bits per heavy atom. The Bertz CT molecular complexity index is 1510. The van der Waals surface area contributed by atoms with E-state index in [-0.39, 0.29) is 5.91 Å². The molecule has 1 saturated heterocycles. The van der Waals surface area contributed by atoms with Crippen molar-refractivity contribution >= 4 is 40.3 Å². The summed E-state index contributed by atoms with van der Waals surface area (Å²) in [5, 5.41) is 4.87. The maximum absolute atomic E-state index is 13.4. The van der Waals surface area contributed by atoms with Gasteiger partial charge in [-0.05, 0) is 49.2 Å². The Hall–Kier alpha value is -3.88. The van der Waals surface area contributed by atoms with Crippen LogP contribution < -0.4 is 9.47 Å². The first-order chi connectivity index (χ1) is 18.5. The molecule has 5 rings (SSSR count). The fourth-order valence-electron chi connectivity index (χ4n) is 4.25. The van der Waals surface area contributed by atoms with Gasteiger partial charge in [0.25, 0.3) is 5.91 Å². The zero-order valence-electron chi connectivity index (χ0n) is 21.4. The van der Waals surface area contributed by atoms with Crippen LogP contribution in [0.4, 0.5) is 0 Å². The minimum Gasteiger partial charge on any atom is -0.493 e. The molecule has 192 valence electrons. The summed E-state index contributed by atoms with van der Waals surface area (Å²) in [5.74, 6) is 1.24. The van der Waals surface area contributed by atoms with E-state index in [9.17, 15) is 4.79 Å². The number of aryl methyl sites for hydroxylation is 1. The maximum atomic E-state index is 13.4. The Morgan fingerprint density at radius 1 is 0.974 bits per heavy atom. The number of benzene rings is 3. The van der Waals surface area contributed by atoms with Gasteiger partial charge in [0, 0.05) is 23.9 Å². The summed E-state index contributed by atoms with van der Waals surface area (Å²) in [6.45, 7) is 2.53. The number of carbonyl (C=O) groups is 1. The average molecular weight is 542 g/mol. The number of aromatic nitrogens is 2. The molecule has 0 N–H and O–H groups in total. The van der Waals surface area contributed by atoms with E-state index in [4.69, 9.17) is 26.8 Å². The van der Waals surface area contributed by atoms with Gasteiger partial charge in [0.2, 0.25) is 0 Å². The second-order valence-corrected chi connectivity index (χ2v) is 10.5. The molecule has 0 unspecified atom stereocenters. The van der Waals surface area contributed by atoms with Gasteiger partial charge in [-0.1, -0.05) is 78.1 Å². The smallest absolute Gasteiger partial charge is 0.266 e. The molecule has 6 nitrogen and oxygen atoms in total. The van der Waals surface area contributed by atoms with E-state index in [0.29, 0.717) is 33.7 Å². The summed E-state index contributed by atoms with van der Waals surface area (Å²) in [6, 6.07) is 23.9. The third-order valence-electron chi connectivity index (χ3n) is 6.32. The largest absolute Gasteiger partial charge is 0.493 e. The van der Waals surface area contributed by atoms with Crippen LogP contribution in [0.2, 0.25) is 0 Å². The lowest BCUT2D eigenvalue weighted by atomic mass is 10.1. The van der Waals surface area contributed by atoms with E-state index < -0.39 is 0 Å². The average Bonchev–Trinajstić information content (AvgIpc) is 3.48. The third kappa shape index (κ3) is 5.37. The normalized spacial score (nSPS) is 14.4. The van der Waals surface area contributed by atoms with Crippen molar-refractivity contribution in [1.29, 1.82) is 0 Å². The molecule has 0 aliphatic carbocycles. The van der Waals surface area contributed by atoms with E-state index in [0.717, 1.165) is 28.1 Å². The lowest BCUT2D eigenvalue weighted by Crippen LogP contribution is -2.30. The first kappa shape index (κ1) is 25.8. The minimum absolute atomic E-state index is 0.0946. The van der Waals surface area contributed by atoms with Crippen molar-refractivity contribution < 1.29 is 14.3 Å². The molecule has 1 aliphatic rings. The summed E-state index contributed by atoms with van der Waals surface area (Å²) in [4.78, 5) is 15.7. The summed E-state index contributed by atoms with van der Waals surface area (Å²) in [5.41, 5.74) is 5.81. The van der Waals surface area contributed by atoms with E-state index in [1.165, 1.54) is 17.3 Å². The van der Waals surface area contributed by atoms with Crippen LogP contribution in [0.3, 0.4) is 0 Å². The highest BCUT2D eigenvalue weighted by molar-refractivity contribution is 8.26. The van der Waals surface area contributed by atoms with E-state index >= 15 is 0 Å². The van der Waals surface area contributed by atoms with Crippen molar-refractivity contribution in [2.45, 2.75) is 13.3 Å². The van der Waals surface area contributed by atoms with Crippen molar-refractivity contribution in [2.24, 2.45) is 0 Å². The van der Waals surface area contributed by atoms with Crippen LogP contribution >= 0.6 is 24.0 Å². The Morgan fingerprint density at radius 3 is 2.42 bits per heavy atom. The minimum atomic E-state index is -0.0946. The Kier molecular flexibility index (Phi) is 7.62. The van der Waals surface area contributed by atoms with Crippen molar-refractivity contribution in [2.75, 3.05) is 20.8 Å². The number of methoxy groups -OCH3 is 2. The zero-order valence-corrected chi connectivity index (χ0v) is 23.0. The van der Waals surface area contributed by atoms with Gasteiger partial charge in [0.1, 0.15) is 4.32 Å². The number of rotatable bonds is 8. The summed E-state index contributed by atoms with van der Waals surface area (Å²) < 4.78 is 13.1. The molecule has 8 heteroatoms. The maximum Gasteiger partial charge on any atom is 0.266 e. The van der Waals surface area contributed by atoms with Crippen LogP contribution in [0.15, 0.2) is 83.9 Å². The molecule has 0 spiro atoms. The van der Waals surface area contributed by atoms with Gasteiger partial charge in [-0.2, -0.15) is 5.10 Å². The molecule has 1 fully saturated rings. The van der Waals surface area contributed by atoms with Gasteiger partial charge >= 0.3 is 0 Å². The molecule has 38 heavy (non-hydrogen) atoms. The number of para-hydroxylation sites is 1. The standard InChI is InChI=1S/C30H27N3O3S2/c1-20-9-12-22(13-10-20)28-23(19-33(31-28)24-7-5-4-6-8-24)18-27-29(34)32(30(37)38-27)16-15-21-11-14-25(35-2)26(17-21)36-3/h4-14,17-19H,15-16H2,1-3H3/b27-18+. The number of nitrogens with zero attached hydrogens (tertiary/aromatic N) is 3. The molecule has 1 aromatic heterocycles. The lowest BCUT2D eigenvalue weighted by molar-refractivity contribution is -0.122. The summed E-state index contributed by atoms with van der Waals surface area (Å²) in [7, 11) is 3.22. The van der Waals surface area contributed by atoms with Gasteiger partial charge in [0.05, 0.1) is 30.5 Å². The number of hydrogen-bond acceptors (Lipinski definition) is 6. The lowest BCUT2D eigenvalue weighted by Gasteiger charge is -2.15. The fourth-order valence-corrected chi connectivity index (χ4v) is 5.55. The van der Waals surface area contributed by atoms with Crippen LogP contribution in [0.5, 0.6) is 11.5 Å². The monoisotopic (exact) mass is 541 g/mol. The molecule has 1 aliphatic heterocycles. The quantitative estimate of drug-likeness (QED) is 0.193. The van der Waals surface area contributed by atoms with Gasteiger partial charge in [0.15, 0.2) is 11.5 Å². The van der Waals surface area contributed by atoms with Crippen molar-refractivity contribution in [3.8, 4) is 28.4 Å². The first-order valence-electron chi connectivity index (χ1n) is 12.1. The molecular weight excluding hydrogens is 514 g/mol. The van der Waals surface area contributed by atoms with Crippen molar-refractivity contribution in [3.05, 3.63) is 101 Å². The number of amides is 1. The highest BCUT2D eigenvalue weighted by atomic mass is 32.2. The number of carbonyl (C=O) groups excluding carboxylic acids is 1. The molecule has 0 bridgehead atoms. The first-order valence-corrected chi connectivity index (χ1v) is 13.4. The molecule has 2 heterocycles. The van der Waals surface area contributed by atoms with Crippen LogP contribution in [0, 0.1) is 6.92 Å². The number of thiocarbonyl (C=S) groups is 1. The molecule has 3 aromatic carbocycles. The van der Waals surface area contributed by atoms with Crippen LogP contribution in [-0.2, 0) is 11.2 Å². The molecule has 0 saturated carbocycles. The number of hydrogen-bond donors (Lipinski definition) is 0. The van der Waals surface area contributed by atoms with Crippen LogP contribution in [-0.4, -0.2) is 45.7 Å². The summed E-state index contributed by atoms with van der Waals surface area (Å²) in [6.07, 6.45) is 4.50. The second-order valence-electron chi connectivity index (χ2n) is 8.85. The topological polar surface area (TPSA) is 56.6 Å². The highest BCUT2D eigenvalue weighted by Crippen LogP contribution is 2.35. The molecule has 0 radical (unpaired) electrons. The number of thioether (sulfide) groups is 1. The van der Waals surface area contributed by atoms with Gasteiger partial charge < -0.3 is 9.47 Å². The molecular formula is C30H27N3O3S2. The molecule has 4 aromatic rings. The highest BCUT2D eigenvalue weighted by Gasteiger charge is 2.32. The van der Waals surface area contributed by atoms with Crippen molar-refractivity contribution in [3.63, 3.8) is 0 Å². The Balaban J connectivity index is 1.42. The second kappa shape index (κ2) is 11.2. The Labute approximate surface area is 231 Å². The van der Waals surface area contributed by atoms with Gasteiger partial charge in [-0.25, -0.2) is 4.68 Å². The van der Waals surface area contributed by atoms with Crippen molar-refractivity contribution in [1.82, 2.24) is 14.7 Å². The van der Waals surface area contributed by atoms with Gasteiger partial charge in [-0.15, -0.1) is 0 Å². The fraction of sp³-hybridized carbons (Fsp3) is 0.167. The predicted molar refractivity (Wildman–Crippen MR) is 157 cm³/mol. The zero-order chi connectivity index (χ0) is 26.6. The third-order valence-corrected chi connectivity index (χ3v) is 7.70. The predicted octanol–water partition coefficient (Wildman–Crippen LogP) is 6.31. The molecule has 0 atom stereocenters. The van der Waals surface area contributed by atoms with E-state index in [1.54, 1.807) is 19.1 Å². The summed E-state index contributed by atoms with van der Waals surface area (Å²) >= 11 is 6.92. The van der Waals surface area contributed by atoms with Gasteiger partial charge in [-0.3, -0.25) is 9.69 Å². The SMILES string of the molecule is COc1ccc(CCN2C(=O)/C(=C\c3cn(-c4ccccc4)nc3-c3ccc(C)cc3)SC2=S)cc1OC. The van der Waals surface area contributed by atoms with Crippen LogP contribution in [0.1, 0.15) is 16.7 Å². The van der Waals surface area contributed by atoms with E-state index in [2.05, 4.69) is 31.2 Å². The number of ether oxygens (including phenoxy) is 2.